The van der Waals surface area contributed by atoms with E-state index in [9.17, 15) is 9.90 Å². The van der Waals surface area contributed by atoms with E-state index in [2.05, 4.69) is 20.8 Å². The van der Waals surface area contributed by atoms with E-state index in [0.29, 0.717) is 0 Å². The quantitative estimate of drug-likeness (QED) is 0.403. The van der Waals surface area contributed by atoms with Crippen molar-refractivity contribution in [3.8, 4) is 0 Å². The van der Waals surface area contributed by atoms with Crippen LogP contribution in [0, 0.1) is 0 Å². The van der Waals surface area contributed by atoms with Gasteiger partial charge in [-0.1, -0.05) is 20.8 Å². The third kappa shape index (κ3) is 5.87. The second kappa shape index (κ2) is 8.09. The predicted molar refractivity (Wildman–Crippen MR) is 55.0 cm³/mol. The SMILES string of the molecule is CCC(C)(C)c1cc[n+](CC(=O)[O-])cc1.[Cl-].[Na+]. The average molecular weight is 266 g/mol. The maximum atomic E-state index is 10.4. The molecule has 0 unspecified atom stereocenters. The molecule has 0 amide bonds. The number of hydrogen-bond donors (Lipinski definition) is 0. The van der Waals surface area contributed by atoms with Gasteiger partial charge >= 0.3 is 29.6 Å². The largest absolute Gasteiger partial charge is 1.00 e. The summed E-state index contributed by atoms with van der Waals surface area (Å²) in [6, 6.07) is 3.93. The van der Waals surface area contributed by atoms with Crippen molar-refractivity contribution in [1.29, 1.82) is 0 Å². The topological polar surface area (TPSA) is 44.0 Å². The smallest absolute Gasteiger partial charge is 1.00 e. The standard InChI is InChI=1S/C12H17NO2.ClH.Na/c1-4-12(2,3)10-5-7-13(8-6-10)9-11(14)15;;/h5-8H,4,9H2,1-3H3;1H;/q;;+1/p-1. The van der Waals surface area contributed by atoms with Crippen LogP contribution in [0.15, 0.2) is 24.5 Å². The molecule has 0 bridgehead atoms. The van der Waals surface area contributed by atoms with Gasteiger partial charge in [0.2, 0.25) is 0 Å². The van der Waals surface area contributed by atoms with Gasteiger partial charge in [0.1, 0.15) is 5.97 Å². The molecule has 90 valence electrons. The summed E-state index contributed by atoms with van der Waals surface area (Å²) in [7, 11) is 0. The molecular weight excluding hydrogens is 249 g/mol. The van der Waals surface area contributed by atoms with E-state index in [-0.39, 0.29) is 53.9 Å². The second-order valence-corrected chi connectivity index (χ2v) is 4.37. The van der Waals surface area contributed by atoms with Gasteiger partial charge in [-0.2, -0.15) is 4.57 Å². The summed E-state index contributed by atoms with van der Waals surface area (Å²) in [5.74, 6) is -1.07. The van der Waals surface area contributed by atoms with Crippen molar-refractivity contribution in [2.45, 2.75) is 39.2 Å². The zero-order chi connectivity index (χ0) is 11.5. The van der Waals surface area contributed by atoms with Gasteiger partial charge in [-0.25, -0.2) is 0 Å². The fraction of sp³-hybridized carbons (Fsp3) is 0.500. The molecule has 1 aromatic rings. The van der Waals surface area contributed by atoms with Crippen LogP contribution in [0.3, 0.4) is 0 Å². The van der Waals surface area contributed by atoms with Gasteiger partial charge in [-0.3, -0.25) is 0 Å². The minimum Gasteiger partial charge on any atom is -1.00 e. The molecule has 0 saturated heterocycles. The minimum atomic E-state index is -1.07. The van der Waals surface area contributed by atoms with Crippen LogP contribution >= 0.6 is 0 Å². The van der Waals surface area contributed by atoms with Crippen LogP contribution in [0.2, 0.25) is 0 Å². The minimum absolute atomic E-state index is 0. The number of carbonyl (C=O) groups is 1. The number of carboxylic acids is 1. The van der Waals surface area contributed by atoms with E-state index >= 15 is 0 Å². The number of aromatic nitrogens is 1. The normalized spacial score (nSPS) is 10.1. The summed E-state index contributed by atoms with van der Waals surface area (Å²) in [6.45, 7) is 6.39. The van der Waals surface area contributed by atoms with E-state index in [1.807, 2.05) is 12.1 Å². The first-order valence-corrected chi connectivity index (χ1v) is 5.15. The number of rotatable bonds is 4. The second-order valence-electron chi connectivity index (χ2n) is 4.37. The van der Waals surface area contributed by atoms with Crippen molar-refractivity contribution in [3.05, 3.63) is 30.1 Å². The Kier molecular flexibility index (Phi) is 9.16. The Morgan fingerprint density at radius 1 is 1.35 bits per heavy atom. The molecular formula is C12H17ClNNaO2. The van der Waals surface area contributed by atoms with Crippen LogP contribution in [0.25, 0.3) is 0 Å². The van der Waals surface area contributed by atoms with E-state index < -0.39 is 5.97 Å². The molecule has 1 heterocycles. The van der Waals surface area contributed by atoms with E-state index in [1.165, 1.54) is 5.56 Å². The van der Waals surface area contributed by atoms with Crippen molar-refractivity contribution >= 4 is 5.97 Å². The Morgan fingerprint density at radius 2 is 1.82 bits per heavy atom. The number of pyridine rings is 1. The molecule has 1 aromatic heterocycles. The zero-order valence-corrected chi connectivity index (χ0v) is 13.6. The van der Waals surface area contributed by atoms with Crippen molar-refractivity contribution in [2.24, 2.45) is 0 Å². The van der Waals surface area contributed by atoms with Crippen LogP contribution in [0.5, 0.6) is 0 Å². The van der Waals surface area contributed by atoms with Gasteiger partial charge < -0.3 is 22.3 Å². The molecule has 0 spiro atoms. The molecule has 0 radical (unpaired) electrons. The molecule has 3 nitrogen and oxygen atoms in total. The Labute approximate surface area is 131 Å². The fourth-order valence-electron chi connectivity index (χ4n) is 1.37. The Hall–Kier alpha value is -0.0900. The first-order valence-electron chi connectivity index (χ1n) is 5.15. The summed E-state index contributed by atoms with van der Waals surface area (Å²) in [6.07, 6.45) is 4.61. The number of aliphatic carboxylic acids is 1. The molecule has 5 heteroatoms. The molecule has 0 aliphatic rings. The molecule has 0 aromatic carbocycles. The molecule has 1 rings (SSSR count). The monoisotopic (exact) mass is 265 g/mol. The van der Waals surface area contributed by atoms with Crippen molar-refractivity contribution in [3.63, 3.8) is 0 Å². The Bertz CT molecular complexity index is 352. The van der Waals surface area contributed by atoms with Crippen LogP contribution < -0.4 is 51.6 Å². The molecule has 0 atom stereocenters. The first kappa shape index (κ1) is 19.3. The molecule has 0 N–H and O–H groups in total. The van der Waals surface area contributed by atoms with Crippen molar-refractivity contribution in [1.82, 2.24) is 0 Å². The van der Waals surface area contributed by atoms with E-state index in [1.54, 1.807) is 17.0 Å². The molecule has 17 heavy (non-hydrogen) atoms. The van der Waals surface area contributed by atoms with E-state index in [0.717, 1.165) is 6.42 Å². The van der Waals surface area contributed by atoms with Gasteiger partial charge in [0.15, 0.2) is 18.9 Å². The zero-order valence-electron chi connectivity index (χ0n) is 10.9. The maximum Gasteiger partial charge on any atom is 1.00 e. The van der Waals surface area contributed by atoms with Gasteiger partial charge in [-0.05, 0) is 17.4 Å². The molecule has 0 aliphatic carbocycles. The number of halogens is 1. The average Bonchev–Trinajstić information content (AvgIpc) is 2.18. The Balaban J connectivity index is 0. The number of nitrogens with zero attached hydrogens (tertiary/aromatic N) is 1. The number of carbonyl (C=O) groups excluding carboxylic acids is 1. The molecule has 0 aliphatic heterocycles. The maximum absolute atomic E-state index is 10.4. The summed E-state index contributed by atoms with van der Waals surface area (Å²) in [5.41, 5.74) is 1.36. The van der Waals surface area contributed by atoms with Gasteiger partial charge in [0.05, 0.1) is 0 Å². The summed E-state index contributed by atoms with van der Waals surface area (Å²) in [4.78, 5) is 10.4. The third-order valence-electron chi connectivity index (χ3n) is 2.87. The van der Waals surface area contributed by atoms with Crippen LogP contribution in [-0.4, -0.2) is 5.97 Å². The van der Waals surface area contributed by atoms with Gasteiger partial charge in [0, 0.05) is 12.1 Å². The summed E-state index contributed by atoms with van der Waals surface area (Å²) >= 11 is 0. The fourth-order valence-corrected chi connectivity index (χ4v) is 1.37. The summed E-state index contributed by atoms with van der Waals surface area (Å²) < 4.78 is 1.60. The van der Waals surface area contributed by atoms with Crippen molar-refractivity contribution in [2.75, 3.05) is 0 Å². The van der Waals surface area contributed by atoms with Crippen LogP contribution in [0.1, 0.15) is 32.8 Å². The molecule has 0 saturated carbocycles. The molecule has 0 fully saturated rings. The van der Waals surface area contributed by atoms with Gasteiger partial charge in [0.25, 0.3) is 0 Å². The predicted octanol–water partition coefficient (Wildman–Crippen LogP) is -5.58. The first-order chi connectivity index (χ1) is 6.95. The van der Waals surface area contributed by atoms with Gasteiger partial charge in [-0.15, -0.1) is 0 Å². The van der Waals surface area contributed by atoms with Crippen LogP contribution in [0.4, 0.5) is 0 Å². The number of hydrogen-bond acceptors (Lipinski definition) is 2. The number of carboxylic acid groups (broad SMARTS) is 1. The van der Waals surface area contributed by atoms with E-state index in [4.69, 9.17) is 0 Å². The third-order valence-corrected chi connectivity index (χ3v) is 2.87. The van der Waals surface area contributed by atoms with Crippen molar-refractivity contribution < 1.29 is 56.4 Å². The van der Waals surface area contributed by atoms with Crippen LogP contribution in [-0.2, 0) is 16.8 Å². The Morgan fingerprint density at radius 3 is 2.18 bits per heavy atom. The summed E-state index contributed by atoms with van der Waals surface area (Å²) in [5, 5.41) is 10.4.